The zero-order valence-electron chi connectivity index (χ0n) is 14.4. The molecule has 0 saturated heterocycles. The minimum Gasteiger partial charge on any atom is -0.465 e. The van der Waals surface area contributed by atoms with Crippen LogP contribution in [0.2, 0.25) is 10.0 Å². The summed E-state index contributed by atoms with van der Waals surface area (Å²) in [6.07, 6.45) is 0.752. The van der Waals surface area contributed by atoms with E-state index in [1.54, 1.807) is 12.1 Å². The number of anilines is 1. The molecule has 2 heterocycles. The molecule has 26 heavy (non-hydrogen) atoms. The second-order valence-corrected chi connectivity index (χ2v) is 7.85. The topological polar surface area (TPSA) is 58.6 Å². The fraction of sp³-hybridized carbons (Fsp3) is 0.333. The van der Waals surface area contributed by atoms with E-state index in [9.17, 15) is 9.59 Å². The highest BCUT2D eigenvalue weighted by atomic mass is 35.5. The molecule has 0 aliphatic carbocycles. The van der Waals surface area contributed by atoms with Gasteiger partial charge in [-0.3, -0.25) is 9.69 Å². The van der Waals surface area contributed by atoms with E-state index in [0.717, 1.165) is 36.5 Å². The third-order valence-corrected chi connectivity index (χ3v) is 6.06. The monoisotopic (exact) mass is 412 g/mol. The normalized spacial score (nSPS) is 14.0. The molecule has 1 aliphatic rings. The van der Waals surface area contributed by atoms with Crippen molar-refractivity contribution >= 4 is 51.4 Å². The summed E-state index contributed by atoms with van der Waals surface area (Å²) in [6.45, 7) is 4.68. The SMILES string of the molecule is CCN1CCc2c(sc(NC(=O)c3ccc(Cl)cc3Cl)c2C(=O)OC)C1. The van der Waals surface area contributed by atoms with Gasteiger partial charge in [-0.2, -0.15) is 0 Å². The van der Waals surface area contributed by atoms with Crippen molar-refractivity contribution in [1.82, 2.24) is 4.90 Å². The van der Waals surface area contributed by atoms with Crippen molar-refractivity contribution in [2.75, 3.05) is 25.5 Å². The van der Waals surface area contributed by atoms with Gasteiger partial charge in [-0.25, -0.2) is 4.79 Å². The summed E-state index contributed by atoms with van der Waals surface area (Å²) in [5.41, 5.74) is 1.71. The van der Waals surface area contributed by atoms with E-state index in [-0.39, 0.29) is 10.9 Å². The van der Waals surface area contributed by atoms with Gasteiger partial charge in [-0.1, -0.05) is 30.1 Å². The van der Waals surface area contributed by atoms with E-state index < -0.39 is 5.97 Å². The van der Waals surface area contributed by atoms with Gasteiger partial charge in [0, 0.05) is 23.0 Å². The van der Waals surface area contributed by atoms with Gasteiger partial charge in [0.15, 0.2) is 0 Å². The van der Waals surface area contributed by atoms with Crippen LogP contribution < -0.4 is 5.32 Å². The van der Waals surface area contributed by atoms with E-state index in [4.69, 9.17) is 27.9 Å². The number of ether oxygens (including phenoxy) is 1. The molecule has 1 aromatic carbocycles. The van der Waals surface area contributed by atoms with Crippen LogP contribution in [0.1, 0.15) is 38.1 Å². The molecule has 1 amide bonds. The van der Waals surface area contributed by atoms with Crippen LogP contribution in [0.5, 0.6) is 0 Å². The summed E-state index contributed by atoms with van der Waals surface area (Å²) in [4.78, 5) is 28.3. The number of nitrogens with zero attached hydrogens (tertiary/aromatic N) is 1. The predicted octanol–water partition coefficient (Wildman–Crippen LogP) is 4.47. The molecule has 1 aromatic heterocycles. The third kappa shape index (κ3) is 3.74. The van der Waals surface area contributed by atoms with Gasteiger partial charge in [-0.15, -0.1) is 11.3 Å². The van der Waals surface area contributed by atoms with Crippen molar-refractivity contribution in [3.8, 4) is 0 Å². The Morgan fingerprint density at radius 1 is 1.35 bits per heavy atom. The van der Waals surface area contributed by atoms with Crippen LogP contribution in [0.25, 0.3) is 0 Å². The highest BCUT2D eigenvalue weighted by Gasteiger charge is 2.29. The summed E-state index contributed by atoms with van der Waals surface area (Å²) in [6, 6.07) is 4.67. The average Bonchev–Trinajstić information content (AvgIpc) is 2.97. The largest absolute Gasteiger partial charge is 0.465 e. The molecule has 1 N–H and O–H groups in total. The predicted molar refractivity (Wildman–Crippen MR) is 105 cm³/mol. The van der Waals surface area contributed by atoms with Crippen molar-refractivity contribution in [3.05, 3.63) is 49.8 Å². The summed E-state index contributed by atoms with van der Waals surface area (Å²) in [5.74, 6) is -0.826. The van der Waals surface area contributed by atoms with Gasteiger partial charge in [0.2, 0.25) is 0 Å². The zero-order valence-corrected chi connectivity index (χ0v) is 16.7. The van der Waals surface area contributed by atoms with Gasteiger partial charge in [-0.05, 0) is 36.7 Å². The maximum Gasteiger partial charge on any atom is 0.341 e. The molecule has 2 aromatic rings. The first-order valence-corrected chi connectivity index (χ1v) is 9.73. The Bertz CT molecular complexity index is 866. The average molecular weight is 413 g/mol. The number of methoxy groups -OCH3 is 1. The first-order chi connectivity index (χ1) is 12.4. The molecule has 8 heteroatoms. The fourth-order valence-electron chi connectivity index (χ4n) is 2.98. The van der Waals surface area contributed by atoms with Gasteiger partial charge >= 0.3 is 5.97 Å². The Hall–Kier alpha value is -1.60. The van der Waals surface area contributed by atoms with Crippen LogP contribution in [0.15, 0.2) is 18.2 Å². The molecule has 1 aliphatic heterocycles. The smallest absolute Gasteiger partial charge is 0.341 e. The van der Waals surface area contributed by atoms with E-state index in [1.165, 1.54) is 24.5 Å². The zero-order chi connectivity index (χ0) is 18.8. The highest BCUT2D eigenvalue weighted by molar-refractivity contribution is 7.17. The van der Waals surface area contributed by atoms with Crippen LogP contribution in [0, 0.1) is 0 Å². The van der Waals surface area contributed by atoms with Crippen molar-refractivity contribution in [2.24, 2.45) is 0 Å². The van der Waals surface area contributed by atoms with E-state index in [0.29, 0.717) is 21.2 Å². The molecule has 5 nitrogen and oxygen atoms in total. The number of amides is 1. The molecular formula is C18H18Cl2N2O3S. The van der Waals surface area contributed by atoms with E-state index in [1.807, 2.05) is 0 Å². The number of benzene rings is 1. The Labute approximate surface area is 165 Å². The lowest BCUT2D eigenvalue weighted by Gasteiger charge is -2.25. The Morgan fingerprint density at radius 3 is 2.77 bits per heavy atom. The number of thiophene rings is 1. The second kappa shape index (κ2) is 7.96. The number of rotatable bonds is 4. The van der Waals surface area contributed by atoms with Gasteiger partial charge in [0.25, 0.3) is 5.91 Å². The molecular weight excluding hydrogens is 395 g/mol. The number of esters is 1. The number of likely N-dealkylation sites (N-methyl/N-ethyl adjacent to an activating group) is 1. The summed E-state index contributed by atoms with van der Waals surface area (Å²) in [5, 5.41) is 4.03. The molecule has 0 atom stereocenters. The quantitative estimate of drug-likeness (QED) is 0.752. The number of carbonyl (C=O) groups excluding carboxylic acids is 2. The molecule has 138 valence electrons. The number of carbonyl (C=O) groups is 2. The number of fused-ring (bicyclic) bond motifs is 1. The van der Waals surface area contributed by atoms with Gasteiger partial charge in [0.05, 0.1) is 23.3 Å². The Morgan fingerprint density at radius 2 is 2.12 bits per heavy atom. The molecule has 0 fully saturated rings. The van der Waals surface area contributed by atoms with Crippen LogP contribution >= 0.6 is 34.5 Å². The lowest BCUT2D eigenvalue weighted by atomic mass is 10.0. The highest BCUT2D eigenvalue weighted by Crippen LogP contribution is 2.38. The van der Waals surface area contributed by atoms with E-state index >= 15 is 0 Å². The standard InChI is InChI=1S/C18H18Cl2N2O3S/c1-3-22-7-6-12-14(9-22)26-17(15(12)18(24)25-2)21-16(23)11-5-4-10(19)8-13(11)20/h4-5,8H,3,6-7,9H2,1-2H3,(H,21,23). The van der Waals surface area contributed by atoms with Crippen molar-refractivity contribution in [3.63, 3.8) is 0 Å². The molecule has 0 saturated carbocycles. The van der Waals surface area contributed by atoms with Gasteiger partial charge < -0.3 is 10.1 Å². The maximum absolute atomic E-state index is 12.6. The van der Waals surface area contributed by atoms with Gasteiger partial charge in [0.1, 0.15) is 5.00 Å². The van der Waals surface area contributed by atoms with Crippen molar-refractivity contribution in [2.45, 2.75) is 19.9 Å². The lowest BCUT2D eigenvalue weighted by molar-refractivity contribution is 0.0600. The summed E-state index contributed by atoms with van der Waals surface area (Å²) < 4.78 is 4.94. The first-order valence-electron chi connectivity index (χ1n) is 8.16. The van der Waals surface area contributed by atoms with Crippen molar-refractivity contribution in [1.29, 1.82) is 0 Å². The Balaban J connectivity index is 1.95. The van der Waals surface area contributed by atoms with Crippen LogP contribution in [-0.4, -0.2) is 37.0 Å². The lowest BCUT2D eigenvalue weighted by Crippen LogP contribution is -2.29. The Kier molecular flexibility index (Phi) is 5.87. The third-order valence-electron chi connectivity index (χ3n) is 4.38. The fourth-order valence-corrected chi connectivity index (χ4v) is 4.74. The molecule has 0 radical (unpaired) electrons. The second-order valence-electron chi connectivity index (χ2n) is 5.90. The number of nitrogens with one attached hydrogen (secondary N) is 1. The summed E-state index contributed by atoms with van der Waals surface area (Å²) in [7, 11) is 1.34. The number of halogens is 2. The molecule has 0 spiro atoms. The minimum atomic E-state index is -0.440. The first kappa shape index (κ1) is 19.2. The number of hydrogen-bond acceptors (Lipinski definition) is 5. The van der Waals surface area contributed by atoms with Crippen LogP contribution in [-0.2, 0) is 17.7 Å². The van der Waals surface area contributed by atoms with Crippen molar-refractivity contribution < 1.29 is 14.3 Å². The molecule has 3 rings (SSSR count). The molecule has 0 unspecified atom stereocenters. The van der Waals surface area contributed by atoms with Crippen LogP contribution in [0.4, 0.5) is 5.00 Å². The number of hydrogen-bond donors (Lipinski definition) is 1. The van der Waals surface area contributed by atoms with Crippen LogP contribution in [0.3, 0.4) is 0 Å². The molecule has 0 bridgehead atoms. The maximum atomic E-state index is 12.6. The van der Waals surface area contributed by atoms with E-state index in [2.05, 4.69) is 17.1 Å². The summed E-state index contributed by atoms with van der Waals surface area (Å²) >= 11 is 13.4. The minimum absolute atomic E-state index is 0.257.